The van der Waals surface area contributed by atoms with Gasteiger partial charge in [0, 0.05) is 25.5 Å². The number of nitrogens with zero attached hydrogens (tertiary/aromatic N) is 3. The van der Waals surface area contributed by atoms with E-state index in [0.717, 1.165) is 16.4 Å². The summed E-state index contributed by atoms with van der Waals surface area (Å²) in [4.78, 5) is 19.4. The number of hydrogen-bond acceptors (Lipinski definition) is 7. The third-order valence-electron chi connectivity index (χ3n) is 3.56. The van der Waals surface area contributed by atoms with E-state index in [0.29, 0.717) is 17.2 Å². The van der Waals surface area contributed by atoms with Crippen LogP contribution in [0.4, 0.5) is 4.79 Å². The zero-order chi connectivity index (χ0) is 21.1. The smallest absolute Gasteiger partial charge is 0.329 e. The summed E-state index contributed by atoms with van der Waals surface area (Å²) < 4.78 is 52.6. The molecule has 2 N–H and O–H groups in total. The molecular formula is C16H21N5O5S2. The van der Waals surface area contributed by atoms with Gasteiger partial charge in [-0.1, -0.05) is 12.1 Å². The van der Waals surface area contributed by atoms with Crippen LogP contribution in [-0.2, 0) is 26.6 Å². The van der Waals surface area contributed by atoms with E-state index >= 15 is 0 Å². The highest BCUT2D eigenvalue weighted by Crippen LogP contribution is 2.22. The number of benzene rings is 1. The monoisotopic (exact) mass is 427 g/mol. The molecule has 12 heteroatoms. The SMILES string of the molecule is Cc1cc(C)nc(CNC(=O)NS(=O)(=O)c2ccccc2S(=O)(=O)N(C)C)n1. The summed E-state index contributed by atoms with van der Waals surface area (Å²) >= 11 is 0. The van der Waals surface area contributed by atoms with Gasteiger partial charge in [0.1, 0.15) is 15.6 Å². The zero-order valence-electron chi connectivity index (χ0n) is 15.8. The Morgan fingerprint density at radius 2 is 1.54 bits per heavy atom. The van der Waals surface area contributed by atoms with Crippen molar-refractivity contribution in [2.24, 2.45) is 0 Å². The predicted octanol–water partition coefficient (Wildman–Crippen LogP) is 0.532. The Labute approximate surface area is 164 Å². The molecule has 1 aromatic heterocycles. The zero-order valence-corrected chi connectivity index (χ0v) is 17.4. The standard InChI is InChI=1S/C16H21N5O5S2/c1-11-9-12(2)19-15(18-11)10-17-16(22)20-27(23,24)13-7-5-6-8-14(13)28(25,26)21(3)4/h5-9H,10H2,1-4H3,(H2,17,20,22). The van der Waals surface area contributed by atoms with Crippen molar-refractivity contribution in [3.8, 4) is 0 Å². The van der Waals surface area contributed by atoms with E-state index in [1.807, 2.05) is 4.72 Å². The van der Waals surface area contributed by atoms with E-state index in [9.17, 15) is 21.6 Å². The van der Waals surface area contributed by atoms with Gasteiger partial charge in [0.05, 0.1) is 6.54 Å². The summed E-state index contributed by atoms with van der Waals surface area (Å²) in [5.41, 5.74) is 1.42. The Morgan fingerprint density at radius 1 is 1.00 bits per heavy atom. The third-order valence-corrected chi connectivity index (χ3v) is 6.95. The Kier molecular flexibility index (Phi) is 6.37. The summed E-state index contributed by atoms with van der Waals surface area (Å²) in [7, 11) is -5.90. The van der Waals surface area contributed by atoms with Gasteiger partial charge in [-0.15, -0.1) is 0 Å². The molecule has 0 fully saturated rings. The van der Waals surface area contributed by atoms with Gasteiger partial charge >= 0.3 is 6.03 Å². The number of sulfonamides is 2. The average Bonchev–Trinajstić information content (AvgIpc) is 2.58. The molecular weight excluding hydrogens is 406 g/mol. The summed E-state index contributed by atoms with van der Waals surface area (Å²) in [6, 6.07) is 5.76. The number of aromatic nitrogens is 2. The largest absolute Gasteiger partial charge is 0.330 e. The molecule has 28 heavy (non-hydrogen) atoms. The fourth-order valence-corrected chi connectivity index (χ4v) is 4.96. The van der Waals surface area contributed by atoms with Gasteiger partial charge in [0.25, 0.3) is 10.0 Å². The number of amides is 2. The van der Waals surface area contributed by atoms with E-state index in [-0.39, 0.29) is 6.54 Å². The van der Waals surface area contributed by atoms with E-state index < -0.39 is 35.9 Å². The lowest BCUT2D eigenvalue weighted by molar-refractivity contribution is 0.245. The van der Waals surface area contributed by atoms with Crippen LogP contribution in [-0.4, -0.2) is 51.2 Å². The maximum absolute atomic E-state index is 12.6. The fraction of sp³-hybridized carbons (Fsp3) is 0.312. The highest BCUT2D eigenvalue weighted by molar-refractivity contribution is 7.92. The summed E-state index contributed by atoms with van der Waals surface area (Å²) in [5, 5.41) is 2.35. The van der Waals surface area contributed by atoms with Gasteiger partial charge < -0.3 is 5.32 Å². The first kappa shape index (κ1) is 21.7. The van der Waals surface area contributed by atoms with Crippen LogP contribution in [0.15, 0.2) is 40.1 Å². The molecule has 2 amide bonds. The number of rotatable bonds is 6. The van der Waals surface area contributed by atoms with E-state index in [4.69, 9.17) is 0 Å². The summed E-state index contributed by atoms with van der Waals surface area (Å²) in [6.07, 6.45) is 0. The minimum absolute atomic E-state index is 0.0957. The van der Waals surface area contributed by atoms with Crippen LogP contribution in [0.25, 0.3) is 0 Å². The molecule has 1 aromatic carbocycles. The first-order valence-corrected chi connectivity index (χ1v) is 11.0. The molecule has 1 heterocycles. The molecule has 0 aliphatic heterocycles. The van der Waals surface area contributed by atoms with Crippen LogP contribution in [0.2, 0.25) is 0 Å². The lowest BCUT2D eigenvalue weighted by Gasteiger charge is -2.15. The number of carbonyl (C=O) groups excluding carboxylic acids is 1. The van der Waals surface area contributed by atoms with Gasteiger partial charge in [-0.25, -0.2) is 40.6 Å². The quantitative estimate of drug-likeness (QED) is 0.686. The summed E-state index contributed by atoms with van der Waals surface area (Å²) in [6.45, 7) is 3.44. The molecule has 0 aliphatic rings. The normalized spacial score (nSPS) is 12.0. The van der Waals surface area contributed by atoms with E-state index in [1.54, 1.807) is 19.9 Å². The van der Waals surface area contributed by atoms with Crippen molar-refractivity contribution in [3.05, 3.63) is 47.5 Å². The second-order valence-electron chi connectivity index (χ2n) is 6.09. The van der Waals surface area contributed by atoms with Gasteiger partial charge in [0.15, 0.2) is 0 Å². The third kappa shape index (κ3) is 5.03. The number of hydrogen-bond donors (Lipinski definition) is 2. The molecule has 0 unspecified atom stereocenters. The van der Waals surface area contributed by atoms with Crippen LogP contribution in [0.3, 0.4) is 0 Å². The molecule has 0 atom stereocenters. The molecule has 10 nitrogen and oxygen atoms in total. The Morgan fingerprint density at radius 3 is 2.07 bits per heavy atom. The molecule has 2 rings (SSSR count). The predicted molar refractivity (Wildman–Crippen MR) is 101 cm³/mol. The van der Waals surface area contributed by atoms with Gasteiger partial charge in [-0.05, 0) is 32.0 Å². The summed E-state index contributed by atoms with van der Waals surface area (Å²) in [5.74, 6) is 0.320. The van der Waals surface area contributed by atoms with Crippen molar-refractivity contribution in [1.82, 2.24) is 24.3 Å². The molecule has 0 radical (unpaired) electrons. The van der Waals surface area contributed by atoms with Gasteiger partial charge in [-0.2, -0.15) is 0 Å². The molecule has 0 bridgehead atoms. The van der Waals surface area contributed by atoms with Crippen LogP contribution in [0.5, 0.6) is 0 Å². The first-order valence-electron chi connectivity index (χ1n) is 8.07. The number of aryl methyl sites for hydroxylation is 2. The highest BCUT2D eigenvalue weighted by atomic mass is 32.2. The maximum atomic E-state index is 12.6. The average molecular weight is 428 g/mol. The van der Waals surface area contributed by atoms with Crippen molar-refractivity contribution >= 4 is 26.1 Å². The second-order valence-corrected chi connectivity index (χ2v) is 9.86. The van der Waals surface area contributed by atoms with E-state index in [2.05, 4.69) is 15.3 Å². The van der Waals surface area contributed by atoms with Crippen LogP contribution < -0.4 is 10.0 Å². The lowest BCUT2D eigenvalue weighted by atomic mass is 10.3. The van der Waals surface area contributed by atoms with Crippen LogP contribution >= 0.6 is 0 Å². The molecule has 152 valence electrons. The molecule has 0 aliphatic carbocycles. The molecule has 0 saturated carbocycles. The minimum atomic E-state index is -4.44. The van der Waals surface area contributed by atoms with Gasteiger partial charge in [0.2, 0.25) is 10.0 Å². The number of nitrogens with one attached hydrogen (secondary N) is 2. The van der Waals surface area contributed by atoms with Crippen molar-refractivity contribution in [2.75, 3.05) is 14.1 Å². The first-order chi connectivity index (χ1) is 12.9. The second kappa shape index (κ2) is 8.20. The topological polar surface area (TPSA) is 138 Å². The molecule has 2 aromatic rings. The Balaban J connectivity index is 2.21. The highest BCUT2D eigenvalue weighted by Gasteiger charge is 2.28. The van der Waals surface area contributed by atoms with E-state index in [1.165, 1.54) is 26.2 Å². The Bertz CT molecular complexity index is 1080. The number of urea groups is 1. The molecule has 0 spiro atoms. The van der Waals surface area contributed by atoms with Crippen molar-refractivity contribution < 1.29 is 21.6 Å². The molecule has 0 saturated heterocycles. The van der Waals surface area contributed by atoms with Crippen molar-refractivity contribution in [1.29, 1.82) is 0 Å². The number of carbonyl (C=O) groups is 1. The van der Waals surface area contributed by atoms with Gasteiger partial charge in [-0.3, -0.25) is 0 Å². The van der Waals surface area contributed by atoms with Crippen LogP contribution in [0, 0.1) is 13.8 Å². The van der Waals surface area contributed by atoms with Crippen molar-refractivity contribution in [3.63, 3.8) is 0 Å². The Hall–Kier alpha value is -2.57. The lowest BCUT2D eigenvalue weighted by Crippen LogP contribution is -2.40. The van der Waals surface area contributed by atoms with Crippen molar-refractivity contribution in [2.45, 2.75) is 30.2 Å². The van der Waals surface area contributed by atoms with Crippen LogP contribution in [0.1, 0.15) is 17.2 Å². The fourth-order valence-electron chi connectivity index (χ4n) is 2.33. The minimum Gasteiger partial charge on any atom is -0.330 e. The maximum Gasteiger partial charge on any atom is 0.329 e.